The Balaban J connectivity index is 2.19. The van der Waals surface area contributed by atoms with Crippen molar-refractivity contribution < 1.29 is 13.2 Å². The molecule has 0 heterocycles. The SMILES string of the molecule is CC(=O)Nc1ccc(S(=O)(=O)Nc2ccc(Br)cc2)cc1. The molecule has 0 radical (unpaired) electrons. The van der Waals surface area contributed by atoms with E-state index in [1.54, 1.807) is 24.3 Å². The van der Waals surface area contributed by atoms with Crippen molar-refractivity contribution in [3.05, 3.63) is 53.0 Å². The van der Waals surface area contributed by atoms with E-state index in [9.17, 15) is 13.2 Å². The van der Waals surface area contributed by atoms with Crippen molar-refractivity contribution in [2.24, 2.45) is 0 Å². The van der Waals surface area contributed by atoms with Gasteiger partial charge in [-0.3, -0.25) is 9.52 Å². The Morgan fingerprint density at radius 2 is 1.48 bits per heavy atom. The molecule has 0 saturated heterocycles. The second-order valence-electron chi connectivity index (χ2n) is 4.32. The molecule has 0 spiro atoms. The number of carbonyl (C=O) groups excluding carboxylic acids is 1. The van der Waals surface area contributed by atoms with Gasteiger partial charge in [0, 0.05) is 22.8 Å². The fourth-order valence-electron chi connectivity index (χ4n) is 1.65. The van der Waals surface area contributed by atoms with Crippen LogP contribution in [0.4, 0.5) is 11.4 Å². The van der Waals surface area contributed by atoms with Crippen molar-refractivity contribution in [1.29, 1.82) is 0 Å². The minimum absolute atomic E-state index is 0.125. The third-order valence-corrected chi connectivity index (χ3v) is 4.51. The molecule has 2 aromatic rings. The van der Waals surface area contributed by atoms with Crippen LogP contribution in [0.2, 0.25) is 0 Å². The van der Waals surface area contributed by atoms with Crippen LogP contribution in [0.15, 0.2) is 57.9 Å². The number of hydrogen-bond acceptors (Lipinski definition) is 3. The van der Waals surface area contributed by atoms with E-state index in [0.717, 1.165) is 4.47 Å². The summed E-state index contributed by atoms with van der Waals surface area (Å²) in [6.45, 7) is 1.39. The summed E-state index contributed by atoms with van der Waals surface area (Å²) in [6, 6.07) is 12.8. The van der Waals surface area contributed by atoms with Gasteiger partial charge in [-0.2, -0.15) is 0 Å². The van der Waals surface area contributed by atoms with Gasteiger partial charge in [-0.15, -0.1) is 0 Å². The minimum Gasteiger partial charge on any atom is -0.326 e. The molecule has 1 amide bonds. The fraction of sp³-hybridized carbons (Fsp3) is 0.0714. The Morgan fingerprint density at radius 1 is 0.952 bits per heavy atom. The molecule has 0 unspecified atom stereocenters. The van der Waals surface area contributed by atoms with Gasteiger partial charge >= 0.3 is 0 Å². The number of benzene rings is 2. The maximum atomic E-state index is 12.2. The number of nitrogens with one attached hydrogen (secondary N) is 2. The topological polar surface area (TPSA) is 75.3 Å². The highest BCUT2D eigenvalue weighted by molar-refractivity contribution is 9.10. The van der Waals surface area contributed by atoms with E-state index in [1.165, 1.54) is 31.2 Å². The highest BCUT2D eigenvalue weighted by Crippen LogP contribution is 2.20. The lowest BCUT2D eigenvalue weighted by atomic mass is 10.3. The summed E-state index contributed by atoms with van der Waals surface area (Å²) in [6.07, 6.45) is 0. The molecular formula is C14H13BrN2O3S. The first-order chi connectivity index (χ1) is 9.87. The number of hydrogen-bond donors (Lipinski definition) is 2. The zero-order chi connectivity index (χ0) is 15.5. The third kappa shape index (κ3) is 4.30. The Hall–Kier alpha value is -1.86. The van der Waals surface area contributed by atoms with Gasteiger partial charge in [-0.05, 0) is 48.5 Å². The van der Waals surface area contributed by atoms with E-state index < -0.39 is 10.0 Å². The van der Waals surface area contributed by atoms with Crippen molar-refractivity contribution in [1.82, 2.24) is 0 Å². The van der Waals surface area contributed by atoms with Gasteiger partial charge in [0.15, 0.2) is 0 Å². The highest BCUT2D eigenvalue weighted by atomic mass is 79.9. The molecule has 2 rings (SSSR count). The second kappa shape index (κ2) is 6.28. The normalized spacial score (nSPS) is 11.0. The van der Waals surface area contributed by atoms with Gasteiger partial charge in [0.25, 0.3) is 10.0 Å². The monoisotopic (exact) mass is 368 g/mol. The molecule has 21 heavy (non-hydrogen) atoms. The molecule has 0 saturated carbocycles. The van der Waals surface area contributed by atoms with E-state index >= 15 is 0 Å². The molecule has 0 aliphatic rings. The Bertz CT molecular complexity index is 741. The van der Waals surface area contributed by atoms with Crippen LogP contribution in [0.1, 0.15) is 6.92 Å². The zero-order valence-electron chi connectivity index (χ0n) is 11.1. The smallest absolute Gasteiger partial charge is 0.261 e. The lowest BCUT2D eigenvalue weighted by Gasteiger charge is -2.09. The van der Waals surface area contributed by atoms with E-state index in [-0.39, 0.29) is 10.8 Å². The molecule has 0 aromatic heterocycles. The summed E-state index contributed by atoms with van der Waals surface area (Å²) in [7, 11) is -3.65. The minimum atomic E-state index is -3.65. The molecule has 0 bridgehead atoms. The molecule has 2 aromatic carbocycles. The van der Waals surface area contributed by atoms with Crippen LogP contribution in [-0.2, 0) is 14.8 Å². The number of anilines is 2. The summed E-state index contributed by atoms with van der Waals surface area (Å²) in [4.78, 5) is 11.0. The molecule has 0 aliphatic carbocycles. The van der Waals surface area contributed by atoms with Crippen LogP contribution >= 0.6 is 15.9 Å². The molecule has 2 N–H and O–H groups in total. The molecule has 0 atom stereocenters. The predicted octanol–water partition coefficient (Wildman–Crippen LogP) is 3.21. The van der Waals surface area contributed by atoms with E-state index in [4.69, 9.17) is 0 Å². The number of carbonyl (C=O) groups is 1. The fourth-order valence-corrected chi connectivity index (χ4v) is 2.98. The lowest BCUT2D eigenvalue weighted by Crippen LogP contribution is -2.13. The van der Waals surface area contributed by atoms with Crippen LogP contribution in [0.25, 0.3) is 0 Å². The van der Waals surface area contributed by atoms with E-state index in [2.05, 4.69) is 26.0 Å². The molecule has 5 nitrogen and oxygen atoms in total. The Kier molecular flexibility index (Phi) is 4.64. The molecule has 110 valence electrons. The third-order valence-electron chi connectivity index (χ3n) is 2.58. The van der Waals surface area contributed by atoms with Crippen LogP contribution in [0.3, 0.4) is 0 Å². The summed E-state index contributed by atoms with van der Waals surface area (Å²) in [5.41, 5.74) is 1.02. The molecule has 0 fully saturated rings. The van der Waals surface area contributed by atoms with Crippen LogP contribution in [-0.4, -0.2) is 14.3 Å². The van der Waals surface area contributed by atoms with Crippen LogP contribution in [0, 0.1) is 0 Å². The van der Waals surface area contributed by atoms with E-state index in [1.807, 2.05) is 0 Å². The van der Waals surface area contributed by atoms with Crippen molar-refractivity contribution in [2.75, 3.05) is 10.0 Å². The van der Waals surface area contributed by atoms with Crippen molar-refractivity contribution >= 4 is 43.2 Å². The second-order valence-corrected chi connectivity index (χ2v) is 6.92. The average molecular weight is 369 g/mol. The zero-order valence-corrected chi connectivity index (χ0v) is 13.5. The Morgan fingerprint density at radius 3 is 2.00 bits per heavy atom. The number of sulfonamides is 1. The predicted molar refractivity (Wildman–Crippen MR) is 85.7 cm³/mol. The number of halogens is 1. The van der Waals surface area contributed by atoms with Gasteiger partial charge in [0.2, 0.25) is 5.91 Å². The van der Waals surface area contributed by atoms with Gasteiger partial charge < -0.3 is 5.32 Å². The van der Waals surface area contributed by atoms with Crippen LogP contribution < -0.4 is 10.0 Å². The van der Waals surface area contributed by atoms with Gasteiger partial charge in [0.1, 0.15) is 0 Å². The highest BCUT2D eigenvalue weighted by Gasteiger charge is 2.14. The van der Waals surface area contributed by atoms with Crippen molar-refractivity contribution in [3.63, 3.8) is 0 Å². The lowest BCUT2D eigenvalue weighted by molar-refractivity contribution is -0.114. The van der Waals surface area contributed by atoms with Crippen LogP contribution in [0.5, 0.6) is 0 Å². The largest absolute Gasteiger partial charge is 0.326 e. The van der Waals surface area contributed by atoms with Gasteiger partial charge in [0.05, 0.1) is 4.90 Å². The maximum absolute atomic E-state index is 12.2. The summed E-state index contributed by atoms with van der Waals surface area (Å²) < 4.78 is 27.8. The first kappa shape index (κ1) is 15.5. The summed E-state index contributed by atoms with van der Waals surface area (Å²) >= 11 is 3.29. The summed E-state index contributed by atoms with van der Waals surface area (Å²) in [5.74, 6) is -0.210. The quantitative estimate of drug-likeness (QED) is 0.869. The van der Waals surface area contributed by atoms with E-state index in [0.29, 0.717) is 11.4 Å². The standard InChI is InChI=1S/C14H13BrN2O3S/c1-10(18)16-12-6-8-14(9-7-12)21(19,20)17-13-4-2-11(15)3-5-13/h2-9,17H,1H3,(H,16,18). The van der Waals surface area contributed by atoms with Gasteiger partial charge in [-0.25, -0.2) is 8.42 Å². The van der Waals surface area contributed by atoms with Gasteiger partial charge in [-0.1, -0.05) is 15.9 Å². The number of rotatable bonds is 4. The molecular weight excluding hydrogens is 356 g/mol. The summed E-state index contributed by atoms with van der Waals surface area (Å²) in [5, 5.41) is 2.58. The maximum Gasteiger partial charge on any atom is 0.261 e. The number of amides is 1. The molecule has 0 aliphatic heterocycles. The Labute approximate surface area is 131 Å². The van der Waals surface area contributed by atoms with Crippen molar-refractivity contribution in [2.45, 2.75) is 11.8 Å². The van der Waals surface area contributed by atoms with Crippen molar-refractivity contribution in [3.8, 4) is 0 Å². The average Bonchev–Trinajstić information content (AvgIpc) is 2.41. The first-order valence-corrected chi connectivity index (χ1v) is 8.30. The first-order valence-electron chi connectivity index (χ1n) is 6.03. The molecule has 7 heteroatoms.